The van der Waals surface area contributed by atoms with Crippen molar-refractivity contribution in [3.63, 3.8) is 0 Å². The van der Waals surface area contributed by atoms with Crippen molar-refractivity contribution in [1.29, 1.82) is 0 Å². The van der Waals surface area contributed by atoms with E-state index in [1.165, 1.54) is 108 Å². The lowest BCUT2D eigenvalue weighted by molar-refractivity contribution is -0.160. The smallest absolute Gasteiger partial charge is 0.305 e. The molecule has 0 amide bonds. The lowest BCUT2D eigenvalue weighted by Gasteiger charge is -2.42. The van der Waals surface area contributed by atoms with E-state index in [2.05, 4.69) is 56.9 Å². The summed E-state index contributed by atoms with van der Waals surface area (Å²) >= 11 is 0. The molecule has 0 bridgehead atoms. The Hall–Kier alpha value is -2.08. The summed E-state index contributed by atoms with van der Waals surface area (Å²) in [6, 6.07) is 10.4. The lowest BCUT2D eigenvalue weighted by atomic mass is 9.73. The van der Waals surface area contributed by atoms with Gasteiger partial charge in [0, 0.05) is 45.9 Å². The van der Waals surface area contributed by atoms with E-state index in [1.807, 2.05) is 6.07 Å². The molecule has 2 rings (SSSR count). The molecule has 0 aromatic heterocycles. The van der Waals surface area contributed by atoms with Crippen LogP contribution in [-0.4, -0.2) is 95.3 Å². The minimum atomic E-state index is -0.381. The van der Waals surface area contributed by atoms with Crippen LogP contribution in [-0.2, 0) is 49.4 Å². The molecule has 1 saturated heterocycles. The Morgan fingerprint density at radius 2 is 0.843 bits per heavy atom. The number of nitrogens with zero attached hydrogens (tertiary/aromatic N) is 1. The molecule has 1 aliphatic rings. The molecule has 0 aliphatic carbocycles. The third kappa shape index (κ3) is 36.8. The van der Waals surface area contributed by atoms with Gasteiger partial charge in [-0.05, 0) is 94.8 Å². The van der Waals surface area contributed by atoms with Gasteiger partial charge in [0.25, 0.3) is 0 Å². The molecule has 0 atom stereocenters. The second kappa shape index (κ2) is 46.7. The Kier molecular flexibility index (Phi) is 42.7. The third-order valence-corrected chi connectivity index (χ3v) is 14.2. The number of rotatable bonds is 51. The Bertz CT molecular complexity index is 1190. The maximum atomic E-state index is 13.2. The Labute approximate surface area is 430 Å². The lowest BCUT2D eigenvalue weighted by Crippen LogP contribution is -2.42. The number of unbranched alkanes of at least 4 members (excludes halogenated alkanes) is 21. The summed E-state index contributed by atoms with van der Waals surface area (Å²) in [7, 11) is 0. The SMILES string of the molecule is CCCCCCCCOC(CCC(=O)OCCC1(CCOC(=O)CCC(OCCCCCCCC)OCCCCCCCC)CCN(CCCCOCc2ccccc2)CC1)OCCCCCCCC. The van der Waals surface area contributed by atoms with Crippen molar-refractivity contribution in [1.82, 2.24) is 4.90 Å². The van der Waals surface area contributed by atoms with Gasteiger partial charge in [-0.25, -0.2) is 0 Å². The normalized spacial score (nSPS) is 14.0. The molecular formula is C60H109NO9. The number of carbonyl (C=O) groups excluding carboxylic acids is 2. The molecule has 0 radical (unpaired) electrons. The van der Waals surface area contributed by atoms with Crippen molar-refractivity contribution in [2.75, 3.05) is 65.9 Å². The fourth-order valence-corrected chi connectivity index (χ4v) is 9.38. The molecule has 0 spiro atoms. The molecule has 408 valence electrons. The minimum absolute atomic E-state index is 0.0676. The van der Waals surface area contributed by atoms with Crippen LogP contribution in [0.4, 0.5) is 0 Å². The molecule has 1 fully saturated rings. The predicted molar refractivity (Wildman–Crippen MR) is 288 cm³/mol. The van der Waals surface area contributed by atoms with Crippen molar-refractivity contribution in [3.8, 4) is 0 Å². The third-order valence-electron chi connectivity index (χ3n) is 14.2. The zero-order valence-corrected chi connectivity index (χ0v) is 46.0. The predicted octanol–water partition coefficient (Wildman–Crippen LogP) is 15.7. The molecule has 0 unspecified atom stereocenters. The molecule has 70 heavy (non-hydrogen) atoms. The van der Waals surface area contributed by atoms with E-state index >= 15 is 0 Å². The first kappa shape index (κ1) is 64.0. The van der Waals surface area contributed by atoms with Gasteiger partial charge in [0.2, 0.25) is 0 Å². The van der Waals surface area contributed by atoms with Crippen molar-refractivity contribution in [3.05, 3.63) is 35.9 Å². The zero-order valence-electron chi connectivity index (χ0n) is 46.0. The van der Waals surface area contributed by atoms with E-state index < -0.39 is 0 Å². The Morgan fingerprint density at radius 3 is 1.24 bits per heavy atom. The van der Waals surface area contributed by atoms with Gasteiger partial charge >= 0.3 is 11.9 Å². The Morgan fingerprint density at radius 1 is 0.471 bits per heavy atom. The first-order valence-corrected chi connectivity index (χ1v) is 29.5. The molecule has 10 heteroatoms. The average molecular weight is 989 g/mol. The molecule has 1 aromatic rings. The van der Waals surface area contributed by atoms with Crippen molar-refractivity contribution in [2.45, 2.75) is 265 Å². The molecule has 10 nitrogen and oxygen atoms in total. The average Bonchev–Trinajstić information content (AvgIpc) is 3.37. The van der Waals surface area contributed by atoms with Gasteiger partial charge < -0.3 is 38.1 Å². The van der Waals surface area contributed by atoms with Crippen LogP contribution < -0.4 is 0 Å². The van der Waals surface area contributed by atoms with Crippen LogP contribution in [0.25, 0.3) is 0 Å². The van der Waals surface area contributed by atoms with E-state index in [-0.39, 0.29) is 42.8 Å². The quantitative estimate of drug-likeness (QED) is 0.0356. The van der Waals surface area contributed by atoms with E-state index in [0.29, 0.717) is 59.1 Å². The summed E-state index contributed by atoms with van der Waals surface area (Å²) in [6.07, 6.45) is 35.3. The van der Waals surface area contributed by atoms with Crippen molar-refractivity contribution in [2.24, 2.45) is 5.41 Å². The maximum Gasteiger partial charge on any atom is 0.305 e. The van der Waals surface area contributed by atoms with Crippen LogP contribution >= 0.6 is 0 Å². The topological polar surface area (TPSA) is 102 Å². The summed E-state index contributed by atoms with van der Waals surface area (Å²) < 4.78 is 42.7. The fourth-order valence-electron chi connectivity index (χ4n) is 9.38. The standard InChI is InChI=1S/C60H109NO9/c1-5-9-13-17-21-29-48-67-58(68-49-30-22-18-14-10-6-2)38-36-56(62)65-52-42-60(40-45-61(46-41-60)44-28-33-47-64-54-55-34-26-25-27-35-55)43-53-66-57(63)37-39-59(69-50-31-23-19-15-11-7-3)70-51-32-24-20-16-12-8-4/h25-27,34-35,58-59H,5-24,28-33,36-54H2,1-4H3. The van der Waals surface area contributed by atoms with Crippen molar-refractivity contribution >= 4 is 11.9 Å². The number of hydrogen-bond acceptors (Lipinski definition) is 10. The van der Waals surface area contributed by atoms with E-state index in [4.69, 9.17) is 33.2 Å². The largest absolute Gasteiger partial charge is 0.466 e. The van der Waals surface area contributed by atoms with Crippen LogP contribution in [0.3, 0.4) is 0 Å². The monoisotopic (exact) mass is 988 g/mol. The summed E-state index contributed by atoms with van der Waals surface area (Å²) in [6.45, 7) is 16.8. The fraction of sp³-hybridized carbons (Fsp3) is 0.867. The molecular weight excluding hydrogens is 879 g/mol. The maximum absolute atomic E-state index is 13.2. The molecule has 1 aliphatic heterocycles. The number of hydrogen-bond donors (Lipinski definition) is 0. The van der Waals surface area contributed by atoms with Crippen LogP contribution in [0.5, 0.6) is 0 Å². The number of ether oxygens (including phenoxy) is 7. The molecule has 0 N–H and O–H groups in total. The number of likely N-dealkylation sites (tertiary alicyclic amines) is 1. The van der Waals surface area contributed by atoms with Crippen molar-refractivity contribution < 1.29 is 42.7 Å². The highest BCUT2D eigenvalue weighted by Crippen LogP contribution is 2.39. The van der Waals surface area contributed by atoms with Gasteiger partial charge in [0.05, 0.1) is 32.7 Å². The van der Waals surface area contributed by atoms with Gasteiger partial charge in [-0.2, -0.15) is 0 Å². The van der Waals surface area contributed by atoms with Gasteiger partial charge in [0.15, 0.2) is 12.6 Å². The summed E-state index contributed by atoms with van der Waals surface area (Å²) in [4.78, 5) is 29.0. The molecule has 1 heterocycles. The highest BCUT2D eigenvalue weighted by molar-refractivity contribution is 5.69. The summed E-state index contributed by atoms with van der Waals surface area (Å²) in [5.74, 6) is -0.395. The molecule has 0 saturated carbocycles. The number of esters is 2. The zero-order chi connectivity index (χ0) is 50.3. The number of carbonyl (C=O) groups is 2. The second-order valence-electron chi connectivity index (χ2n) is 20.5. The van der Waals surface area contributed by atoms with Crippen LogP contribution in [0, 0.1) is 5.41 Å². The van der Waals surface area contributed by atoms with Gasteiger partial charge in [-0.15, -0.1) is 0 Å². The van der Waals surface area contributed by atoms with E-state index in [9.17, 15) is 9.59 Å². The van der Waals surface area contributed by atoms with Gasteiger partial charge in [0.1, 0.15) is 0 Å². The first-order chi connectivity index (χ1) is 34.4. The highest BCUT2D eigenvalue weighted by Gasteiger charge is 2.35. The van der Waals surface area contributed by atoms with Crippen LogP contribution in [0.1, 0.15) is 252 Å². The summed E-state index contributed by atoms with van der Waals surface area (Å²) in [5, 5.41) is 0. The van der Waals surface area contributed by atoms with E-state index in [0.717, 1.165) is 116 Å². The molecule has 1 aromatic carbocycles. The Balaban J connectivity index is 1.91. The minimum Gasteiger partial charge on any atom is -0.466 e. The highest BCUT2D eigenvalue weighted by atomic mass is 16.7. The number of benzene rings is 1. The number of piperidine rings is 1. The van der Waals surface area contributed by atoms with E-state index in [1.54, 1.807) is 0 Å². The van der Waals surface area contributed by atoms with Gasteiger partial charge in [-0.3, -0.25) is 9.59 Å². The summed E-state index contributed by atoms with van der Waals surface area (Å²) in [5.41, 5.74) is 1.14. The van der Waals surface area contributed by atoms with Crippen LogP contribution in [0.2, 0.25) is 0 Å². The first-order valence-electron chi connectivity index (χ1n) is 29.5. The second-order valence-corrected chi connectivity index (χ2v) is 20.5. The van der Waals surface area contributed by atoms with Gasteiger partial charge in [-0.1, -0.05) is 186 Å². The van der Waals surface area contributed by atoms with Crippen LogP contribution in [0.15, 0.2) is 30.3 Å².